The molecule has 1 amide bonds. The summed E-state index contributed by atoms with van der Waals surface area (Å²) in [5, 5.41) is 6.13. The molecule has 0 saturated carbocycles. The Balaban J connectivity index is 1.27. The minimum atomic E-state index is -0.116. The van der Waals surface area contributed by atoms with Gasteiger partial charge in [-0.25, -0.2) is 4.98 Å². The van der Waals surface area contributed by atoms with E-state index in [1.807, 2.05) is 36.4 Å². The van der Waals surface area contributed by atoms with Crippen molar-refractivity contribution >= 4 is 17.4 Å². The summed E-state index contributed by atoms with van der Waals surface area (Å²) >= 11 is 0. The summed E-state index contributed by atoms with van der Waals surface area (Å²) in [7, 11) is 0. The van der Waals surface area contributed by atoms with E-state index < -0.39 is 0 Å². The Hall–Kier alpha value is -3.54. The van der Waals surface area contributed by atoms with Crippen molar-refractivity contribution in [3.05, 3.63) is 78.0 Å². The zero-order valence-corrected chi connectivity index (χ0v) is 15.4. The number of aromatic nitrogens is 1. The first-order valence-electron chi connectivity index (χ1n) is 9.23. The standard InChI is InChI=1S/C22H21N3O3/c26-22(23-12-4-7-16-5-2-1-3-6-16)17-8-11-21(24-14-17)25-18-9-10-19-20(13-18)28-15-27-19/h1-3,5-6,8-11,13-14H,4,7,12,15H2,(H,23,26)(H,24,25). The van der Waals surface area contributed by atoms with Crippen molar-refractivity contribution in [2.24, 2.45) is 0 Å². The summed E-state index contributed by atoms with van der Waals surface area (Å²) in [4.78, 5) is 16.6. The summed E-state index contributed by atoms with van der Waals surface area (Å²) in [6, 6.07) is 19.4. The fraction of sp³-hybridized carbons (Fsp3) is 0.182. The average Bonchev–Trinajstić information content (AvgIpc) is 3.20. The number of rotatable bonds is 7. The maximum atomic E-state index is 12.3. The molecule has 0 unspecified atom stereocenters. The zero-order chi connectivity index (χ0) is 19.2. The number of fused-ring (bicyclic) bond motifs is 1. The van der Waals surface area contributed by atoms with Crippen LogP contribution in [0.25, 0.3) is 0 Å². The normalized spacial score (nSPS) is 11.9. The molecule has 6 nitrogen and oxygen atoms in total. The Labute approximate surface area is 163 Å². The Morgan fingerprint density at radius 3 is 2.68 bits per heavy atom. The van der Waals surface area contributed by atoms with Gasteiger partial charge in [-0.05, 0) is 42.7 Å². The summed E-state index contributed by atoms with van der Waals surface area (Å²) < 4.78 is 10.7. The van der Waals surface area contributed by atoms with E-state index >= 15 is 0 Å². The molecular weight excluding hydrogens is 354 g/mol. The second-order valence-corrected chi connectivity index (χ2v) is 6.47. The number of anilines is 2. The molecule has 1 aliphatic heterocycles. The number of amides is 1. The van der Waals surface area contributed by atoms with Crippen LogP contribution in [0.1, 0.15) is 22.3 Å². The summed E-state index contributed by atoms with van der Waals surface area (Å²) in [6.45, 7) is 0.872. The molecule has 142 valence electrons. The van der Waals surface area contributed by atoms with E-state index in [1.54, 1.807) is 18.3 Å². The maximum absolute atomic E-state index is 12.3. The minimum Gasteiger partial charge on any atom is -0.454 e. The van der Waals surface area contributed by atoms with Gasteiger partial charge in [0, 0.05) is 24.5 Å². The van der Waals surface area contributed by atoms with Crippen LogP contribution >= 0.6 is 0 Å². The van der Waals surface area contributed by atoms with Gasteiger partial charge in [0.2, 0.25) is 6.79 Å². The molecule has 28 heavy (non-hydrogen) atoms. The van der Waals surface area contributed by atoms with Gasteiger partial charge in [-0.1, -0.05) is 30.3 Å². The van der Waals surface area contributed by atoms with Gasteiger partial charge in [-0.15, -0.1) is 0 Å². The lowest BCUT2D eigenvalue weighted by Crippen LogP contribution is -2.24. The van der Waals surface area contributed by atoms with E-state index in [-0.39, 0.29) is 12.7 Å². The molecule has 0 spiro atoms. The fourth-order valence-corrected chi connectivity index (χ4v) is 2.97. The van der Waals surface area contributed by atoms with E-state index in [0.717, 1.165) is 24.3 Å². The van der Waals surface area contributed by atoms with Crippen molar-refractivity contribution in [1.29, 1.82) is 0 Å². The first-order valence-corrected chi connectivity index (χ1v) is 9.23. The fourth-order valence-electron chi connectivity index (χ4n) is 2.97. The number of benzene rings is 2. The molecule has 2 heterocycles. The molecule has 2 N–H and O–H groups in total. The number of hydrogen-bond acceptors (Lipinski definition) is 5. The number of carbonyl (C=O) groups is 1. The van der Waals surface area contributed by atoms with Gasteiger partial charge in [0.1, 0.15) is 5.82 Å². The van der Waals surface area contributed by atoms with Crippen molar-refractivity contribution in [3.8, 4) is 11.5 Å². The van der Waals surface area contributed by atoms with Crippen LogP contribution in [0.2, 0.25) is 0 Å². The lowest BCUT2D eigenvalue weighted by molar-refractivity contribution is 0.0953. The highest BCUT2D eigenvalue weighted by molar-refractivity contribution is 5.94. The van der Waals surface area contributed by atoms with E-state index in [2.05, 4.69) is 27.8 Å². The zero-order valence-electron chi connectivity index (χ0n) is 15.4. The van der Waals surface area contributed by atoms with Crippen LogP contribution < -0.4 is 20.1 Å². The Bertz CT molecular complexity index is 943. The number of ether oxygens (including phenoxy) is 2. The van der Waals surface area contributed by atoms with E-state index in [4.69, 9.17) is 9.47 Å². The molecular formula is C22H21N3O3. The van der Waals surface area contributed by atoms with Gasteiger partial charge in [0.05, 0.1) is 5.56 Å². The molecule has 4 rings (SSSR count). The molecule has 1 aliphatic rings. The molecule has 0 bridgehead atoms. The first-order chi connectivity index (χ1) is 13.8. The van der Waals surface area contributed by atoms with E-state index in [9.17, 15) is 4.79 Å². The van der Waals surface area contributed by atoms with Crippen LogP contribution in [0.5, 0.6) is 11.5 Å². The molecule has 0 atom stereocenters. The number of nitrogens with one attached hydrogen (secondary N) is 2. The molecule has 1 aromatic heterocycles. The number of aryl methyl sites for hydroxylation is 1. The third-order valence-electron chi connectivity index (χ3n) is 4.44. The van der Waals surface area contributed by atoms with Crippen LogP contribution in [0.3, 0.4) is 0 Å². The van der Waals surface area contributed by atoms with Crippen LogP contribution in [0, 0.1) is 0 Å². The molecule has 0 aliphatic carbocycles. The molecule has 3 aromatic rings. The highest BCUT2D eigenvalue weighted by atomic mass is 16.7. The van der Waals surface area contributed by atoms with Crippen molar-refractivity contribution in [2.75, 3.05) is 18.7 Å². The monoisotopic (exact) mass is 375 g/mol. The van der Waals surface area contributed by atoms with E-state index in [1.165, 1.54) is 5.56 Å². The summed E-state index contributed by atoms with van der Waals surface area (Å²) in [5.74, 6) is 1.98. The smallest absolute Gasteiger partial charge is 0.252 e. The number of carbonyl (C=O) groups excluding carboxylic acids is 1. The molecule has 6 heteroatoms. The third-order valence-corrected chi connectivity index (χ3v) is 4.44. The quantitative estimate of drug-likeness (QED) is 0.613. The molecule has 0 radical (unpaired) electrons. The molecule has 0 fully saturated rings. The lowest BCUT2D eigenvalue weighted by atomic mass is 10.1. The summed E-state index contributed by atoms with van der Waals surface area (Å²) in [6.07, 6.45) is 3.41. The van der Waals surface area contributed by atoms with Gasteiger partial charge in [-0.2, -0.15) is 0 Å². The van der Waals surface area contributed by atoms with Crippen LogP contribution in [-0.2, 0) is 6.42 Å². The second kappa shape index (κ2) is 8.43. The van der Waals surface area contributed by atoms with E-state index in [0.29, 0.717) is 23.7 Å². The van der Waals surface area contributed by atoms with Crippen LogP contribution in [-0.4, -0.2) is 24.2 Å². The van der Waals surface area contributed by atoms with Crippen molar-refractivity contribution in [1.82, 2.24) is 10.3 Å². The van der Waals surface area contributed by atoms with Crippen LogP contribution in [0.15, 0.2) is 66.9 Å². The minimum absolute atomic E-state index is 0.116. The predicted molar refractivity (Wildman–Crippen MR) is 107 cm³/mol. The van der Waals surface area contributed by atoms with Crippen molar-refractivity contribution in [3.63, 3.8) is 0 Å². The lowest BCUT2D eigenvalue weighted by Gasteiger charge is -2.08. The highest BCUT2D eigenvalue weighted by Gasteiger charge is 2.13. The number of nitrogens with zero attached hydrogens (tertiary/aromatic N) is 1. The Morgan fingerprint density at radius 2 is 1.86 bits per heavy atom. The Kier molecular flexibility index (Phi) is 5.38. The first kappa shape index (κ1) is 17.9. The van der Waals surface area contributed by atoms with Crippen molar-refractivity contribution in [2.45, 2.75) is 12.8 Å². The topological polar surface area (TPSA) is 72.5 Å². The highest BCUT2D eigenvalue weighted by Crippen LogP contribution is 2.34. The second-order valence-electron chi connectivity index (χ2n) is 6.47. The largest absolute Gasteiger partial charge is 0.454 e. The van der Waals surface area contributed by atoms with Gasteiger partial charge in [0.15, 0.2) is 11.5 Å². The van der Waals surface area contributed by atoms with Gasteiger partial charge >= 0.3 is 0 Å². The third kappa shape index (κ3) is 4.40. The van der Waals surface area contributed by atoms with Crippen molar-refractivity contribution < 1.29 is 14.3 Å². The van der Waals surface area contributed by atoms with Crippen LogP contribution in [0.4, 0.5) is 11.5 Å². The van der Waals surface area contributed by atoms with Gasteiger partial charge in [-0.3, -0.25) is 4.79 Å². The SMILES string of the molecule is O=C(NCCCc1ccccc1)c1ccc(Nc2ccc3c(c2)OCO3)nc1. The Morgan fingerprint density at radius 1 is 1.00 bits per heavy atom. The number of hydrogen-bond donors (Lipinski definition) is 2. The van der Waals surface area contributed by atoms with Gasteiger partial charge < -0.3 is 20.1 Å². The maximum Gasteiger partial charge on any atom is 0.252 e. The number of pyridine rings is 1. The summed E-state index contributed by atoms with van der Waals surface area (Å²) in [5.41, 5.74) is 2.66. The molecule has 2 aromatic carbocycles. The average molecular weight is 375 g/mol. The predicted octanol–water partition coefficient (Wildman–Crippen LogP) is 3.92. The molecule has 0 saturated heterocycles. The van der Waals surface area contributed by atoms with Gasteiger partial charge in [0.25, 0.3) is 5.91 Å².